The number of alkyl halides is 2. The highest BCUT2D eigenvalue weighted by Crippen LogP contribution is 2.67. The number of hydrogen-bond donors (Lipinski definition) is 1. The van der Waals surface area contributed by atoms with Gasteiger partial charge in [0, 0.05) is 5.92 Å². The molecule has 0 saturated heterocycles. The van der Waals surface area contributed by atoms with E-state index >= 15 is 0 Å². The second-order valence-corrected chi connectivity index (χ2v) is 8.53. The summed E-state index contributed by atoms with van der Waals surface area (Å²) in [5.74, 6) is 2.83. The summed E-state index contributed by atoms with van der Waals surface area (Å²) in [4.78, 5) is 12.6. The summed E-state index contributed by atoms with van der Waals surface area (Å²) in [6.45, 7) is 0. The number of amides is 1. The molecule has 0 bridgehead atoms. The first-order valence-corrected chi connectivity index (χ1v) is 9.11. The van der Waals surface area contributed by atoms with Crippen LogP contribution in [0.25, 0.3) is 0 Å². The summed E-state index contributed by atoms with van der Waals surface area (Å²) in [7, 11) is 1.62. The number of anilines is 1. The zero-order valence-electron chi connectivity index (χ0n) is 13.1. The van der Waals surface area contributed by atoms with Crippen molar-refractivity contribution < 1.29 is 9.53 Å². The standard InChI is InChI=1S/C18H21Cl2NO2/c1-23-15-5-3-2-4-14(15)21-17(22)16-10-6-8-12-13(18(12,19)20)9-7-11(10)16/h2-5,10-13,16H,6-9H2,1H3,(H,21,22). The molecule has 5 heteroatoms. The third kappa shape index (κ3) is 2.62. The number of carbonyl (C=O) groups excluding carboxylic acids is 1. The molecular formula is C18H21Cl2NO2. The summed E-state index contributed by atoms with van der Waals surface area (Å²) in [5.41, 5.74) is 0.752. The third-order valence-corrected chi connectivity index (χ3v) is 7.11. The number of hydrogen-bond acceptors (Lipinski definition) is 2. The molecule has 0 heterocycles. The van der Waals surface area contributed by atoms with Gasteiger partial charge in [-0.25, -0.2) is 0 Å². The Morgan fingerprint density at radius 1 is 1.13 bits per heavy atom. The van der Waals surface area contributed by atoms with Crippen LogP contribution in [0.3, 0.4) is 0 Å². The lowest BCUT2D eigenvalue weighted by Gasteiger charge is -2.09. The average Bonchev–Trinajstić information content (AvgIpc) is 3.32. The van der Waals surface area contributed by atoms with Gasteiger partial charge >= 0.3 is 0 Å². The lowest BCUT2D eigenvalue weighted by atomic mass is 10.0. The first-order chi connectivity index (χ1) is 11.0. The Kier molecular flexibility index (Phi) is 3.77. The maximum Gasteiger partial charge on any atom is 0.228 e. The molecule has 1 N–H and O–H groups in total. The minimum Gasteiger partial charge on any atom is -0.495 e. The normalized spacial score (nSPS) is 36.7. The van der Waals surface area contributed by atoms with E-state index < -0.39 is 4.33 Å². The van der Waals surface area contributed by atoms with Crippen LogP contribution < -0.4 is 10.1 Å². The van der Waals surface area contributed by atoms with Gasteiger partial charge in [-0.15, -0.1) is 23.2 Å². The molecule has 4 atom stereocenters. The van der Waals surface area contributed by atoms with E-state index in [1.165, 1.54) is 0 Å². The molecule has 4 rings (SSSR count). The van der Waals surface area contributed by atoms with Crippen molar-refractivity contribution in [2.75, 3.05) is 12.4 Å². The largest absolute Gasteiger partial charge is 0.495 e. The van der Waals surface area contributed by atoms with Gasteiger partial charge in [0.05, 0.1) is 12.8 Å². The van der Waals surface area contributed by atoms with E-state index in [1.54, 1.807) is 7.11 Å². The summed E-state index contributed by atoms with van der Waals surface area (Å²) < 4.78 is 4.81. The SMILES string of the molecule is COc1ccccc1NC(=O)C1C2CCC3C(CCC21)C3(Cl)Cl. The predicted molar refractivity (Wildman–Crippen MR) is 92.0 cm³/mol. The first-order valence-electron chi connectivity index (χ1n) is 8.35. The van der Waals surface area contributed by atoms with Gasteiger partial charge in [0.1, 0.15) is 10.1 Å². The van der Waals surface area contributed by atoms with E-state index in [-0.39, 0.29) is 11.8 Å². The second-order valence-electron chi connectivity index (χ2n) is 7.09. The molecule has 3 saturated carbocycles. The van der Waals surface area contributed by atoms with Crippen LogP contribution in [0, 0.1) is 29.6 Å². The Morgan fingerprint density at radius 3 is 2.35 bits per heavy atom. The van der Waals surface area contributed by atoms with Gasteiger partial charge in [-0.1, -0.05) is 12.1 Å². The van der Waals surface area contributed by atoms with Gasteiger partial charge in [0.15, 0.2) is 0 Å². The van der Waals surface area contributed by atoms with Crippen molar-refractivity contribution in [1.29, 1.82) is 0 Å². The predicted octanol–water partition coefficient (Wildman–Crippen LogP) is 4.49. The summed E-state index contributed by atoms with van der Waals surface area (Å²) in [6.07, 6.45) is 4.24. The number of carbonyl (C=O) groups is 1. The molecule has 1 amide bonds. The average molecular weight is 354 g/mol. The smallest absolute Gasteiger partial charge is 0.228 e. The van der Waals surface area contributed by atoms with Gasteiger partial charge in [-0.05, 0) is 61.5 Å². The zero-order chi connectivity index (χ0) is 16.2. The topological polar surface area (TPSA) is 38.3 Å². The van der Waals surface area contributed by atoms with Gasteiger partial charge in [-0.3, -0.25) is 4.79 Å². The zero-order valence-corrected chi connectivity index (χ0v) is 14.6. The molecule has 0 aromatic heterocycles. The van der Waals surface area contributed by atoms with E-state index in [0.717, 1.165) is 31.4 Å². The van der Waals surface area contributed by atoms with Crippen molar-refractivity contribution in [2.45, 2.75) is 30.0 Å². The van der Waals surface area contributed by atoms with E-state index in [2.05, 4.69) is 5.32 Å². The van der Waals surface area contributed by atoms with Crippen LogP contribution in [0.1, 0.15) is 25.7 Å². The third-order valence-electron chi connectivity index (χ3n) is 5.99. The molecule has 0 radical (unpaired) electrons. The quantitative estimate of drug-likeness (QED) is 0.813. The van der Waals surface area contributed by atoms with Crippen LogP contribution in [0.5, 0.6) is 5.75 Å². The van der Waals surface area contributed by atoms with E-state index in [1.807, 2.05) is 24.3 Å². The van der Waals surface area contributed by atoms with Crippen molar-refractivity contribution >= 4 is 34.8 Å². The minimum atomic E-state index is -0.494. The van der Waals surface area contributed by atoms with E-state index in [0.29, 0.717) is 29.4 Å². The molecular weight excluding hydrogens is 333 g/mol. The Labute approximate surface area is 146 Å². The van der Waals surface area contributed by atoms with Crippen molar-refractivity contribution in [3.8, 4) is 5.75 Å². The highest BCUT2D eigenvalue weighted by Gasteiger charge is 2.65. The van der Waals surface area contributed by atoms with Crippen molar-refractivity contribution in [3.05, 3.63) is 24.3 Å². The number of halogens is 2. The van der Waals surface area contributed by atoms with Crippen LogP contribution in [-0.2, 0) is 4.79 Å². The van der Waals surface area contributed by atoms with Crippen molar-refractivity contribution in [1.82, 2.24) is 0 Å². The maximum absolute atomic E-state index is 12.6. The number of para-hydroxylation sites is 2. The Balaban J connectivity index is 1.40. The molecule has 1 aromatic carbocycles. The van der Waals surface area contributed by atoms with Crippen LogP contribution in [0.2, 0.25) is 0 Å². The lowest BCUT2D eigenvalue weighted by molar-refractivity contribution is -0.117. The minimum absolute atomic E-state index is 0.128. The fraction of sp³-hybridized carbons (Fsp3) is 0.611. The molecule has 1 aromatic rings. The van der Waals surface area contributed by atoms with E-state index in [9.17, 15) is 4.79 Å². The van der Waals surface area contributed by atoms with Crippen molar-refractivity contribution in [2.24, 2.45) is 29.6 Å². The summed E-state index contributed by atoms with van der Waals surface area (Å²) >= 11 is 12.7. The highest BCUT2D eigenvalue weighted by molar-refractivity contribution is 6.51. The molecule has 0 spiro atoms. The van der Waals surface area contributed by atoms with Crippen LogP contribution in [0.4, 0.5) is 5.69 Å². The van der Waals surface area contributed by atoms with Crippen LogP contribution in [0.15, 0.2) is 24.3 Å². The fourth-order valence-corrected chi connectivity index (χ4v) is 5.50. The molecule has 3 aliphatic carbocycles. The monoisotopic (exact) mass is 353 g/mol. The number of ether oxygens (including phenoxy) is 1. The number of benzene rings is 1. The second kappa shape index (κ2) is 5.56. The molecule has 3 nitrogen and oxygen atoms in total. The first kappa shape index (κ1) is 15.6. The number of nitrogens with one attached hydrogen (secondary N) is 1. The van der Waals surface area contributed by atoms with Crippen LogP contribution in [-0.4, -0.2) is 17.4 Å². The Hall–Kier alpha value is -0.930. The lowest BCUT2D eigenvalue weighted by Crippen LogP contribution is -2.16. The van der Waals surface area contributed by atoms with Gasteiger partial charge in [0.2, 0.25) is 5.91 Å². The number of methoxy groups -OCH3 is 1. The summed E-state index contributed by atoms with van der Waals surface area (Å²) in [6, 6.07) is 7.55. The molecule has 3 aliphatic rings. The van der Waals surface area contributed by atoms with Crippen molar-refractivity contribution in [3.63, 3.8) is 0 Å². The van der Waals surface area contributed by atoms with Gasteiger partial charge in [0.25, 0.3) is 0 Å². The summed E-state index contributed by atoms with van der Waals surface area (Å²) in [5, 5.41) is 3.04. The fourth-order valence-electron chi connectivity index (χ4n) is 4.58. The Morgan fingerprint density at radius 2 is 1.74 bits per heavy atom. The maximum atomic E-state index is 12.6. The molecule has 4 unspecified atom stereocenters. The van der Waals surface area contributed by atoms with E-state index in [4.69, 9.17) is 27.9 Å². The molecule has 0 aliphatic heterocycles. The number of fused-ring (bicyclic) bond motifs is 2. The Bertz CT molecular complexity index is 611. The molecule has 23 heavy (non-hydrogen) atoms. The highest BCUT2D eigenvalue weighted by atomic mass is 35.5. The molecule has 3 fully saturated rings. The van der Waals surface area contributed by atoms with Gasteiger partial charge in [-0.2, -0.15) is 0 Å². The van der Waals surface area contributed by atoms with Crippen LogP contribution >= 0.6 is 23.2 Å². The molecule has 124 valence electrons. The number of rotatable bonds is 3. The van der Waals surface area contributed by atoms with Gasteiger partial charge < -0.3 is 10.1 Å².